The maximum atomic E-state index is 13.6. The van der Waals surface area contributed by atoms with Gasteiger partial charge in [-0.3, -0.25) is 5.41 Å². The van der Waals surface area contributed by atoms with Gasteiger partial charge in [0.05, 0.1) is 0 Å². The predicted molar refractivity (Wildman–Crippen MR) is 73.0 cm³/mol. The van der Waals surface area contributed by atoms with E-state index in [1.807, 2.05) is 0 Å². The zero-order chi connectivity index (χ0) is 13.1. The molecule has 0 amide bonds. The van der Waals surface area contributed by atoms with Crippen LogP contribution in [0.3, 0.4) is 0 Å². The molecule has 2 nitrogen and oxygen atoms in total. The minimum absolute atomic E-state index is 0.0643. The second-order valence-electron chi connectivity index (χ2n) is 3.59. The van der Waals surface area contributed by atoms with E-state index in [2.05, 4.69) is 0 Å². The van der Waals surface area contributed by atoms with Gasteiger partial charge in [-0.2, -0.15) is 0 Å². The van der Waals surface area contributed by atoms with Crippen molar-refractivity contribution in [3.8, 4) is 0 Å². The van der Waals surface area contributed by atoms with Crippen molar-refractivity contribution in [1.29, 1.82) is 5.41 Å². The van der Waals surface area contributed by atoms with Gasteiger partial charge in [0.1, 0.15) is 11.7 Å². The zero-order valence-corrected chi connectivity index (χ0v) is 10.9. The smallest absolute Gasteiger partial charge is 0.137 e. The van der Waals surface area contributed by atoms with Gasteiger partial charge in [-0.1, -0.05) is 35.5 Å². The van der Waals surface area contributed by atoms with Crippen LogP contribution in [-0.2, 0) is 0 Å². The third kappa shape index (κ3) is 2.83. The van der Waals surface area contributed by atoms with E-state index in [-0.39, 0.29) is 11.7 Å². The van der Waals surface area contributed by atoms with E-state index in [0.29, 0.717) is 20.4 Å². The fraction of sp³-hybridized carbons (Fsp3) is 0. The summed E-state index contributed by atoms with van der Waals surface area (Å²) in [6, 6.07) is 11.4. The Morgan fingerprint density at radius 3 is 2.56 bits per heavy atom. The van der Waals surface area contributed by atoms with Gasteiger partial charge in [-0.05, 0) is 30.3 Å². The predicted octanol–water partition coefficient (Wildman–Crippen LogP) is 3.91. The molecule has 2 aromatic carbocycles. The molecule has 0 aromatic heterocycles. The Morgan fingerprint density at radius 1 is 1.17 bits per heavy atom. The molecule has 0 heterocycles. The quantitative estimate of drug-likeness (QED) is 0.661. The molecule has 0 radical (unpaired) electrons. The van der Waals surface area contributed by atoms with Crippen molar-refractivity contribution in [2.45, 2.75) is 9.79 Å². The number of halogens is 2. The lowest BCUT2D eigenvalue weighted by Crippen LogP contribution is -2.12. The molecular formula is C13H10ClFN2S. The molecule has 3 N–H and O–H groups in total. The van der Waals surface area contributed by atoms with Gasteiger partial charge in [0.25, 0.3) is 0 Å². The SMILES string of the molecule is N=C(N)c1ccc(Cl)cc1Sc1ccccc1F. The van der Waals surface area contributed by atoms with Gasteiger partial charge in [-0.15, -0.1) is 0 Å². The number of rotatable bonds is 3. The lowest BCUT2D eigenvalue weighted by molar-refractivity contribution is 0.602. The van der Waals surface area contributed by atoms with Gasteiger partial charge >= 0.3 is 0 Å². The van der Waals surface area contributed by atoms with Crippen LogP contribution in [0.4, 0.5) is 4.39 Å². The van der Waals surface area contributed by atoms with Crippen LogP contribution in [-0.4, -0.2) is 5.84 Å². The fourth-order valence-electron chi connectivity index (χ4n) is 1.45. The molecule has 2 rings (SSSR count). The summed E-state index contributed by atoms with van der Waals surface area (Å²) in [4.78, 5) is 1.14. The highest BCUT2D eigenvalue weighted by molar-refractivity contribution is 7.99. The summed E-state index contributed by atoms with van der Waals surface area (Å²) in [7, 11) is 0. The third-order valence-electron chi connectivity index (χ3n) is 2.29. The average molecular weight is 281 g/mol. The van der Waals surface area contributed by atoms with Crippen LogP contribution < -0.4 is 5.73 Å². The monoisotopic (exact) mass is 280 g/mol. The van der Waals surface area contributed by atoms with Crippen LogP contribution >= 0.6 is 23.4 Å². The molecule has 0 fully saturated rings. The summed E-state index contributed by atoms with van der Waals surface area (Å²) in [5.41, 5.74) is 6.04. The molecule has 0 bridgehead atoms. The zero-order valence-electron chi connectivity index (χ0n) is 9.28. The average Bonchev–Trinajstić information content (AvgIpc) is 2.32. The number of benzene rings is 2. The van der Waals surface area contributed by atoms with Crippen molar-refractivity contribution in [2.24, 2.45) is 5.73 Å². The fourth-order valence-corrected chi connectivity index (χ4v) is 2.71. The van der Waals surface area contributed by atoms with E-state index in [1.165, 1.54) is 17.8 Å². The van der Waals surface area contributed by atoms with Crippen LogP contribution in [0.5, 0.6) is 0 Å². The normalized spacial score (nSPS) is 10.3. The second kappa shape index (κ2) is 5.42. The summed E-state index contributed by atoms with van der Waals surface area (Å²) in [6.45, 7) is 0. The van der Waals surface area contributed by atoms with E-state index < -0.39 is 0 Å². The van der Waals surface area contributed by atoms with Crippen molar-refractivity contribution in [3.63, 3.8) is 0 Å². The number of amidine groups is 1. The Kier molecular flexibility index (Phi) is 3.89. The Labute approximate surface area is 113 Å². The number of nitrogen functional groups attached to an aromatic ring is 1. The molecule has 0 saturated carbocycles. The van der Waals surface area contributed by atoms with E-state index in [4.69, 9.17) is 22.7 Å². The van der Waals surface area contributed by atoms with E-state index in [1.54, 1.807) is 36.4 Å². The van der Waals surface area contributed by atoms with Crippen LogP contribution in [0.25, 0.3) is 0 Å². The highest BCUT2D eigenvalue weighted by Crippen LogP contribution is 2.33. The lowest BCUT2D eigenvalue weighted by atomic mass is 10.2. The van der Waals surface area contributed by atoms with Crippen molar-refractivity contribution >= 4 is 29.2 Å². The van der Waals surface area contributed by atoms with Gasteiger partial charge in [0.15, 0.2) is 0 Å². The largest absolute Gasteiger partial charge is 0.384 e. The summed E-state index contributed by atoms with van der Waals surface area (Å²) >= 11 is 7.11. The minimum atomic E-state index is -0.308. The van der Waals surface area contributed by atoms with Crippen LogP contribution in [0, 0.1) is 11.2 Å². The molecule has 0 aliphatic rings. The standard InChI is InChI=1S/C13H10ClFN2S/c14-8-5-6-9(13(16)17)12(7-8)18-11-4-2-1-3-10(11)15/h1-7H,(H3,16,17). The van der Waals surface area contributed by atoms with E-state index >= 15 is 0 Å². The highest BCUT2D eigenvalue weighted by Gasteiger charge is 2.10. The van der Waals surface area contributed by atoms with Crippen molar-refractivity contribution < 1.29 is 4.39 Å². The topological polar surface area (TPSA) is 49.9 Å². The molecule has 5 heteroatoms. The molecule has 0 aliphatic heterocycles. The molecule has 0 spiro atoms. The molecule has 0 saturated heterocycles. The first kappa shape index (κ1) is 12.9. The van der Waals surface area contributed by atoms with Gasteiger partial charge < -0.3 is 5.73 Å². The van der Waals surface area contributed by atoms with Crippen molar-refractivity contribution in [1.82, 2.24) is 0 Å². The maximum Gasteiger partial charge on any atom is 0.137 e. The number of nitrogens with two attached hydrogens (primary N) is 1. The number of hydrogen-bond donors (Lipinski definition) is 2. The summed E-state index contributed by atoms with van der Waals surface area (Å²) in [5.74, 6) is -0.373. The summed E-state index contributed by atoms with van der Waals surface area (Å²) < 4.78 is 13.6. The molecular weight excluding hydrogens is 271 g/mol. The molecule has 2 aromatic rings. The van der Waals surface area contributed by atoms with Gasteiger partial charge in [0, 0.05) is 20.4 Å². The lowest BCUT2D eigenvalue weighted by Gasteiger charge is -2.09. The minimum Gasteiger partial charge on any atom is -0.384 e. The highest BCUT2D eigenvalue weighted by atomic mass is 35.5. The Hall–Kier alpha value is -1.52. The van der Waals surface area contributed by atoms with E-state index in [0.717, 1.165) is 0 Å². The van der Waals surface area contributed by atoms with E-state index in [9.17, 15) is 4.39 Å². The molecule has 0 unspecified atom stereocenters. The maximum absolute atomic E-state index is 13.6. The number of nitrogens with one attached hydrogen (secondary N) is 1. The second-order valence-corrected chi connectivity index (χ2v) is 5.11. The van der Waals surface area contributed by atoms with Crippen LogP contribution in [0.2, 0.25) is 5.02 Å². The Bertz CT molecular complexity index is 601. The van der Waals surface area contributed by atoms with Crippen LogP contribution in [0.1, 0.15) is 5.56 Å². The first-order valence-corrected chi connectivity index (χ1v) is 6.33. The van der Waals surface area contributed by atoms with Gasteiger partial charge in [-0.25, -0.2) is 4.39 Å². The van der Waals surface area contributed by atoms with Crippen LogP contribution in [0.15, 0.2) is 52.3 Å². The molecule has 0 atom stereocenters. The third-order valence-corrected chi connectivity index (χ3v) is 3.63. The van der Waals surface area contributed by atoms with Crippen molar-refractivity contribution in [2.75, 3.05) is 0 Å². The molecule has 92 valence electrons. The summed E-state index contributed by atoms with van der Waals surface area (Å²) in [6.07, 6.45) is 0. The number of hydrogen-bond acceptors (Lipinski definition) is 2. The first-order chi connectivity index (χ1) is 8.58. The molecule has 18 heavy (non-hydrogen) atoms. The summed E-state index contributed by atoms with van der Waals surface area (Å²) in [5, 5.41) is 8.02. The Morgan fingerprint density at radius 2 is 1.89 bits per heavy atom. The van der Waals surface area contributed by atoms with Crippen molar-refractivity contribution in [3.05, 3.63) is 58.9 Å². The Balaban J connectivity index is 2.42. The van der Waals surface area contributed by atoms with Gasteiger partial charge in [0.2, 0.25) is 0 Å². The first-order valence-electron chi connectivity index (χ1n) is 5.14. The molecule has 0 aliphatic carbocycles.